The number of nitrogens with zero attached hydrogens (tertiary/aromatic N) is 4. The highest BCUT2D eigenvalue weighted by Crippen LogP contribution is 2.26. The predicted octanol–water partition coefficient (Wildman–Crippen LogP) is 2.72. The van der Waals surface area contributed by atoms with E-state index in [0.29, 0.717) is 18.9 Å². The van der Waals surface area contributed by atoms with Crippen molar-refractivity contribution >= 4 is 17.6 Å². The van der Waals surface area contributed by atoms with E-state index in [1.54, 1.807) is 0 Å². The van der Waals surface area contributed by atoms with Crippen LogP contribution in [-0.2, 0) is 18.4 Å². The third-order valence-corrected chi connectivity index (χ3v) is 5.06. The zero-order valence-corrected chi connectivity index (χ0v) is 17.0. The van der Waals surface area contributed by atoms with Crippen molar-refractivity contribution in [3.05, 3.63) is 47.8 Å². The van der Waals surface area contributed by atoms with Crippen molar-refractivity contribution < 1.29 is 4.79 Å². The van der Waals surface area contributed by atoms with Crippen molar-refractivity contribution in [2.75, 3.05) is 25.5 Å². The number of likely N-dealkylation sites (tertiary alicyclic amines) is 1. The van der Waals surface area contributed by atoms with Gasteiger partial charge in [-0.25, -0.2) is 0 Å². The Morgan fingerprint density at radius 3 is 2.75 bits per heavy atom. The fraction of sp³-hybridized carbons (Fsp3) is 0.476. The SMILES string of the molecule is CCCC(=O)Nc1ccc(CNC(=NC)N2CCC(c3cnn(C)c3)C2)cc1. The fourth-order valence-electron chi connectivity index (χ4n) is 3.55. The van der Waals surface area contributed by atoms with Crippen molar-refractivity contribution in [2.24, 2.45) is 12.0 Å². The number of rotatable bonds is 6. The molecule has 1 amide bonds. The molecule has 0 bridgehead atoms. The molecule has 1 saturated heterocycles. The number of anilines is 1. The molecule has 1 aliphatic heterocycles. The highest BCUT2D eigenvalue weighted by molar-refractivity contribution is 5.90. The Balaban J connectivity index is 1.51. The Morgan fingerprint density at radius 2 is 2.11 bits per heavy atom. The van der Waals surface area contributed by atoms with Crippen LogP contribution in [0.5, 0.6) is 0 Å². The van der Waals surface area contributed by atoms with Gasteiger partial charge in [-0.1, -0.05) is 19.1 Å². The molecular formula is C21H30N6O. The minimum absolute atomic E-state index is 0.0611. The van der Waals surface area contributed by atoms with Crippen LogP contribution in [0.4, 0.5) is 5.69 Å². The first-order chi connectivity index (χ1) is 13.6. The maximum Gasteiger partial charge on any atom is 0.224 e. The monoisotopic (exact) mass is 382 g/mol. The lowest BCUT2D eigenvalue weighted by Gasteiger charge is -2.21. The number of aryl methyl sites for hydroxylation is 1. The summed E-state index contributed by atoms with van der Waals surface area (Å²) in [5.41, 5.74) is 3.28. The van der Waals surface area contributed by atoms with E-state index in [9.17, 15) is 4.79 Å². The van der Waals surface area contributed by atoms with Crippen LogP contribution in [0.1, 0.15) is 43.2 Å². The molecule has 7 nitrogen and oxygen atoms in total. The van der Waals surface area contributed by atoms with Crippen molar-refractivity contribution in [1.29, 1.82) is 0 Å². The summed E-state index contributed by atoms with van der Waals surface area (Å²) in [6.07, 6.45) is 6.58. The number of benzene rings is 1. The molecule has 3 rings (SSSR count). The smallest absolute Gasteiger partial charge is 0.224 e. The van der Waals surface area contributed by atoms with Gasteiger partial charge in [0.25, 0.3) is 0 Å². The van der Waals surface area contributed by atoms with Crippen LogP contribution in [-0.4, -0.2) is 46.7 Å². The van der Waals surface area contributed by atoms with Gasteiger partial charge in [-0.15, -0.1) is 0 Å². The lowest BCUT2D eigenvalue weighted by atomic mass is 10.0. The summed E-state index contributed by atoms with van der Waals surface area (Å²) in [5, 5.41) is 10.7. The number of guanidine groups is 1. The number of aliphatic imine (C=N–C) groups is 1. The van der Waals surface area contributed by atoms with Gasteiger partial charge in [0, 0.05) is 58.0 Å². The Kier molecular flexibility index (Phi) is 6.68. The Bertz CT molecular complexity index is 811. The summed E-state index contributed by atoms with van der Waals surface area (Å²) < 4.78 is 1.86. The van der Waals surface area contributed by atoms with Crippen LogP contribution in [0.2, 0.25) is 0 Å². The minimum atomic E-state index is 0.0611. The number of amides is 1. The van der Waals surface area contributed by atoms with E-state index in [0.717, 1.165) is 43.1 Å². The second kappa shape index (κ2) is 9.39. The van der Waals surface area contributed by atoms with E-state index in [4.69, 9.17) is 0 Å². The van der Waals surface area contributed by atoms with Gasteiger partial charge in [0.15, 0.2) is 5.96 Å². The number of nitrogens with one attached hydrogen (secondary N) is 2. The molecule has 1 aliphatic rings. The molecule has 1 fully saturated rings. The molecule has 0 aliphatic carbocycles. The highest BCUT2D eigenvalue weighted by Gasteiger charge is 2.26. The van der Waals surface area contributed by atoms with Gasteiger partial charge < -0.3 is 15.5 Å². The van der Waals surface area contributed by atoms with Gasteiger partial charge in [-0.2, -0.15) is 5.10 Å². The molecule has 1 atom stereocenters. The molecule has 0 spiro atoms. The van der Waals surface area contributed by atoms with Crippen molar-refractivity contribution in [3.63, 3.8) is 0 Å². The first-order valence-electron chi connectivity index (χ1n) is 9.92. The van der Waals surface area contributed by atoms with Gasteiger partial charge in [-0.05, 0) is 36.1 Å². The zero-order chi connectivity index (χ0) is 19.9. The maximum absolute atomic E-state index is 11.7. The lowest BCUT2D eigenvalue weighted by molar-refractivity contribution is -0.116. The molecule has 2 N–H and O–H groups in total. The average Bonchev–Trinajstić information content (AvgIpc) is 3.33. The summed E-state index contributed by atoms with van der Waals surface area (Å²) in [5.74, 6) is 1.48. The van der Waals surface area contributed by atoms with Crippen LogP contribution < -0.4 is 10.6 Å². The third-order valence-electron chi connectivity index (χ3n) is 5.06. The molecule has 1 aromatic heterocycles. The summed E-state index contributed by atoms with van der Waals surface area (Å²) in [6, 6.07) is 7.96. The zero-order valence-electron chi connectivity index (χ0n) is 17.0. The molecule has 0 saturated carbocycles. The van der Waals surface area contributed by atoms with E-state index >= 15 is 0 Å². The molecular weight excluding hydrogens is 352 g/mol. The normalized spacial score (nSPS) is 17.0. The second-order valence-electron chi connectivity index (χ2n) is 7.27. The van der Waals surface area contributed by atoms with Gasteiger partial charge in [-0.3, -0.25) is 14.5 Å². The number of carbonyl (C=O) groups excluding carboxylic acids is 1. The van der Waals surface area contributed by atoms with E-state index < -0.39 is 0 Å². The van der Waals surface area contributed by atoms with Crippen LogP contribution in [0.15, 0.2) is 41.7 Å². The van der Waals surface area contributed by atoms with E-state index in [-0.39, 0.29) is 5.91 Å². The minimum Gasteiger partial charge on any atom is -0.352 e. The Labute approximate surface area is 166 Å². The summed E-state index contributed by atoms with van der Waals surface area (Å²) in [4.78, 5) is 18.4. The predicted molar refractivity (Wildman–Crippen MR) is 112 cm³/mol. The van der Waals surface area contributed by atoms with Crippen LogP contribution in [0.3, 0.4) is 0 Å². The van der Waals surface area contributed by atoms with Crippen molar-refractivity contribution in [1.82, 2.24) is 20.0 Å². The lowest BCUT2D eigenvalue weighted by Crippen LogP contribution is -2.39. The van der Waals surface area contributed by atoms with Crippen LogP contribution in [0.25, 0.3) is 0 Å². The largest absolute Gasteiger partial charge is 0.352 e. The van der Waals surface area contributed by atoms with E-state index in [1.807, 2.05) is 56.2 Å². The molecule has 1 aromatic carbocycles. The molecule has 2 aromatic rings. The van der Waals surface area contributed by atoms with E-state index in [1.165, 1.54) is 5.56 Å². The average molecular weight is 383 g/mol. The summed E-state index contributed by atoms with van der Waals surface area (Å²) in [6.45, 7) is 4.64. The van der Waals surface area contributed by atoms with E-state index in [2.05, 4.69) is 31.8 Å². The number of hydrogen-bond donors (Lipinski definition) is 2. The van der Waals surface area contributed by atoms with Gasteiger partial charge in [0.2, 0.25) is 5.91 Å². The fourth-order valence-corrected chi connectivity index (χ4v) is 3.55. The van der Waals surface area contributed by atoms with Crippen LogP contribution >= 0.6 is 0 Å². The summed E-state index contributed by atoms with van der Waals surface area (Å²) in [7, 11) is 3.78. The van der Waals surface area contributed by atoms with Gasteiger partial charge in [0.05, 0.1) is 6.20 Å². The molecule has 150 valence electrons. The molecule has 28 heavy (non-hydrogen) atoms. The Hall–Kier alpha value is -2.83. The highest BCUT2D eigenvalue weighted by atomic mass is 16.1. The quantitative estimate of drug-likeness (QED) is 0.595. The standard InChI is InChI=1S/C21H30N6O/c1-4-5-20(28)25-19-8-6-16(7-9-19)12-23-21(22-2)27-11-10-17(15-27)18-13-24-26(3)14-18/h6-9,13-14,17H,4-5,10-12,15H2,1-3H3,(H,22,23)(H,25,28). The first-order valence-corrected chi connectivity index (χ1v) is 9.92. The van der Waals surface area contributed by atoms with Crippen molar-refractivity contribution in [3.8, 4) is 0 Å². The first kappa shape index (κ1) is 19.9. The summed E-state index contributed by atoms with van der Waals surface area (Å²) >= 11 is 0. The van der Waals surface area contributed by atoms with Crippen LogP contribution in [0, 0.1) is 0 Å². The third kappa shape index (κ3) is 5.12. The molecule has 7 heteroatoms. The molecule has 0 radical (unpaired) electrons. The molecule has 2 heterocycles. The second-order valence-corrected chi connectivity index (χ2v) is 7.27. The topological polar surface area (TPSA) is 74.6 Å². The van der Waals surface area contributed by atoms with Gasteiger partial charge >= 0.3 is 0 Å². The van der Waals surface area contributed by atoms with Gasteiger partial charge in [0.1, 0.15) is 0 Å². The Morgan fingerprint density at radius 1 is 1.32 bits per heavy atom. The molecule has 1 unspecified atom stereocenters. The number of hydrogen-bond acceptors (Lipinski definition) is 3. The number of aromatic nitrogens is 2. The maximum atomic E-state index is 11.7. The van der Waals surface area contributed by atoms with Crippen molar-refractivity contribution in [2.45, 2.75) is 38.6 Å². The number of carbonyl (C=O) groups is 1.